The third-order valence-corrected chi connectivity index (χ3v) is 5.15. The van der Waals surface area contributed by atoms with Crippen LogP contribution in [0.3, 0.4) is 0 Å². The van der Waals surface area contributed by atoms with Crippen LogP contribution in [0.15, 0.2) is 79.0 Å². The van der Waals surface area contributed by atoms with Crippen molar-refractivity contribution in [2.24, 2.45) is 0 Å². The van der Waals surface area contributed by atoms with Crippen LogP contribution in [0.25, 0.3) is 10.9 Å². The fraction of sp³-hybridized carbons (Fsp3) is 0.231. The monoisotopic (exact) mass is 400 g/mol. The molecule has 0 aliphatic carbocycles. The standard InChI is InChI=1S/C26H28N2O2/c1-2-29-25-14-8-11-22(26(25)30-19-20-9-4-3-5-10-20)17-27-16-15-21-18-28-24-13-7-6-12-23(21)24/h3-14,18,27-28H,2,15-17,19H2,1H3. The SMILES string of the molecule is CCOc1cccc(CNCCc2c[nH]c3ccccc23)c1OCc1ccccc1. The summed E-state index contributed by atoms with van der Waals surface area (Å²) in [6, 6.07) is 24.7. The van der Waals surface area contributed by atoms with E-state index in [-0.39, 0.29) is 0 Å². The second kappa shape index (κ2) is 9.99. The summed E-state index contributed by atoms with van der Waals surface area (Å²) in [6.07, 6.45) is 3.08. The average Bonchev–Trinajstić information content (AvgIpc) is 3.20. The molecule has 154 valence electrons. The zero-order chi connectivity index (χ0) is 20.6. The van der Waals surface area contributed by atoms with E-state index in [1.54, 1.807) is 0 Å². The Labute approximate surface area is 177 Å². The minimum Gasteiger partial charge on any atom is -0.490 e. The van der Waals surface area contributed by atoms with Crippen LogP contribution in [-0.2, 0) is 19.6 Å². The second-order valence-corrected chi connectivity index (χ2v) is 7.24. The van der Waals surface area contributed by atoms with Gasteiger partial charge >= 0.3 is 0 Å². The Kier molecular flexibility index (Phi) is 6.68. The van der Waals surface area contributed by atoms with Gasteiger partial charge in [0.05, 0.1) is 6.61 Å². The largest absolute Gasteiger partial charge is 0.490 e. The summed E-state index contributed by atoms with van der Waals surface area (Å²) in [5, 5.41) is 4.86. The van der Waals surface area contributed by atoms with Crippen molar-refractivity contribution < 1.29 is 9.47 Å². The van der Waals surface area contributed by atoms with E-state index in [4.69, 9.17) is 9.47 Å². The minimum atomic E-state index is 0.521. The van der Waals surface area contributed by atoms with Crippen LogP contribution in [0.5, 0.6) is 11.5 Å². The van der Waals surface area contributed by atoms with Crippen LogP contribution in [0.1, 0.15) is 23.6 Å². The van der Waals surface area contributed by atoms with Crippen LogP contribution in [0, 0.1) is 0 Å². The molecule has 0 bridgehead atoms. The molecule has 0 atom stereocenters. The number of hydrogen-bond donors (Lipinski definition) is 2. The van der Waals surface area contributed by atoms with E-state index < -0.39 is 0 Å². The van der Waals surface area contributed by atoms with Crippen LogP contribution in [0.4, 0.5) is 0 Å². The third-order valence-electron chi connectivity index (χ3n) is 5.15. The number of nitrogens with one attached hydrogen (secondary N) is 2. The quantitative estimate of drug-likeness (QED) is 0.347. The smallest absolute Gasteiger partial charge is 0.166 e. The van der Waals surface area contributed by atoms with Crippen molar-refractivity contribution in [1.82, 2.24) is 10.3 Å². The number of rotatable bonds is 10. The van der Waals surface area contributed by atoms with E-state index in [2.05, 4.69) is 59.0 Å². The topological polar surface area (TPSA) is 46.3 Å². The van der Waals surface area contributed by atoms with Crippen LogP contribution >= 0.6 is 0 Å². The fourth-order valence-electron chi connectivity index (χ4n) is 3.65. The summed E-state index contributed by atoms with van der Waals surface area (Å²) < 4.78 is 12.0. The maximum atomic E-state index is 6.20. The molecule has 4 heteroatoms. The highest BCUT2D eigenvalue weighted by Gasteiger charge is 2.11. The number of benzene rings is 3. The van der Waals surface area contributed by atoms with Crippen molar-refractivity contribution >= 4 is 10.9 Å². The van der Waals surface area contributed by atoms with Gasteiger partial charge in [-0.1, -0.05) is 60.7 Å². The Balaban J connectivity index is 1.40. The van der Waals surface area contributed by atoms with Crippen molar-refractivity contribution in [3.8, 4) is 11.5 Å². The van der Waals surface area contributed by atoms with Crippen molar-refractivity contribution in [3.05, 3.63) is 95.7 Å². The number of fused-ring (bicyclic) bond motifs is 1. The van der Waals surface area contributed by atoms with Crippen LogP contribution in [0.2, 0.25) is 0 Å². The first-order chi connectivity index (χ1) is 14.8. The molecule has 30 heavy (non-hydrogen) atoms. The molecule has 0 aliphatic rings. The third kappa shape index (κ3) is 4.84. The number of H-pyrrole nitrogens is 1. The van der Waals surface area contributed by atoms with Gasteiger partial charge in [-0.2, -0.15) is 0 Å². The molecule has 0 fully saturated rings. The maximum Gasteiger partial charge on any atom is 0.166 e. The highest BCUT2D eigenvalue weighted by atomic mass is 16.5. The molecule has 0 spiro atoms. The van der Waals surface area contributed by atoms with Gasteiger partial charge in [0.1, 0.15) is 6.61 Å². The fourth-order valence-corrected chi connectivity index (χ4v) is 3.65. The normalized spacial score (nSPS) is 11.0. The Morgan fingerprint density at radius 2 is 1.67 bits per heavy atom. The predicted molar refractivity (Wildman–Crippen MR) is 122 cm³/mol. The van der Waals surface area contributed by atoms with E-state index >= 15 is 0 Å². The molecule has 3 aromatic carbocycles. The van der Waals surface area contributed by atoms with Gasteiger partial charge in [0.15, 0.2) is 11.5 Å². The van der Waals surface area contributed by atoms with E-state index in [1.807, 2.05) is 37.3 Å². The lowest BCUT2D eigenvalue weighted by molar-refractivity contribution is 0.266. The lowest BCUT2D eigenvalue weighted by Crippen LogP contribution is -2.17. The second-order valence-electron chi connectivity index (χ2n) is 7.24. The highest BCUT2D eigenvalue weighted by Crippen LogP contribution is 2.32. The van der Waals surface area contributed by atoms with Gasteiger partial charge in [0.25, 0.3) is 0 Å². The van der Waals surface area contributed by atoms with Gasteiger partial charge in [0, 0.05) is 29.2 Å². The molecule has 4 rings (SSSR count). The molecule has 0 saturated heterocycles. The zero-order valence-electron chi connectivity index (χ0n) is 17.4. The van der Waals surface area contributed by atoms with E-state index in [0.29, 0.717) is 13.2 Å². The average molecular weight is 401 g/mol. The van der Waals surface area contributed by atoms with Crippen molar-refractivity contribution in [2.75, 3.05) is 13.2 Å². The lowest BCUT2D eigenvalue weighted by atomic mass is 10.1. The molecule has 0 saturated carbocycles. The van der Waals surface area contributed by atoms with Gasteiger partial charge in [-0.15, -0.1) is 0 Å². The van der Waals surface area contributed by atoms with Crippen LogP contribution in [-0.4, -0.2) is 18.1 Å². The Morgan fingerprint density at radius 3 is 2.53 bits per heavy atom. The summed E-state index contributed by atoms with van der Waals surface area (Å²) in [6.45, 7) is 4.74. The van der Waals surface area contributed by atoms with Gasteiger partial charge < -0.3 is 19.8 Å². The Hall–Kier alpha value is -3.24. The molecule has 0 amide bonds. The number of aromatic nitrogens is 1. The summed E-state index contributed by atoms with van der Waals surface area (Å²) in [4.78, 5) is 3.35. The van der Waals surface area contributed by atoms with Gasteiger partial charge in [-0.05, 0) is 43.1 Å². The van der Waals surface area contributed by atoms with Gasteiger partial charge in [-0.25, -0.2) is 0 Å². The van der Waals surface area contributed by atoms with Gasteiger partial charge in [-0.3, -0.25) is 0 Å². The molecule has 1 aromatic heterocycles. The summed E-state index contributed by atoms with van der Waals surface area (Å²) in [5.74, 6) is 1.62. The van der Waals surface area contributed by atoms with Crippen molar-refractivity contribution in [2.45, 2.75) is 26.5 Å². The molecule has 0 aliphatic heterocycles. The van der Waals surface area contributed by atoms with E-state index in [9.17, 15) is 0 Å². The summed E-state index contributed by atoms with van der Waals surface area (Å²) >= 11 is 0. The van der Waals surface area contributed by atoms with Gasteiger partial charge in [0.2, 0.25) is 0 Å². The summed E-state index contributed by atoms with van der Waals surface area (Å²) in [5.41, 5.74) is 4.77. The highest BCUT2D eigenvalue weighted by molar-refractivity contribution is 5.83. The molecule has 4 aromatic rings. The number of aromatic amines is 1. The Morgan fingerprint density at radius 1 is 0.833 bits per heavy atom. The first-order valence-electron chi connectivity index (χ1n) is 10.5. The molecule has 4 nitrogen and oxygen atoms in total. The van der Waals surface area contributed by atoms with Crippen molar-refractivity contribution in [1.29, 1.82) is 0 Å². The number of para-hydroxylation sites is 2. The minimum absolute atomic E-state index is 0.521. The first kappa shape index (κ1) is 20.0. The molecular formula is C26H28N2O2. The lowest BCUT2D eigenvalue weighted by Gasteiger charge is -2.16. The van der Waals surface area contributed by atoms with Crippen LogP contribution < -0.4 is 14.8 Å². The number of ether oxygens (including phenoxy) is 2. The summed E-state index contributed by atoms with van der Waals surface area (Å²) in [7, 11) is 0. The van der Waals surface area contributed by atoms with E-state index in [1.165, 1.54) is 16.5 Å². The maximum absolute atomic E-state index is 6.20. The molecule has 2 N–H and O–H groups in total. The van der Waals surface area contributed by atoms with E-state index in [0.717, 1.165) is 42.1 Å². The molecule has 0 radical (unpaired) electrons. The van der Waals surface area contributed by atoms with Crippen molar-refractivity contribution in [3.63, 3.8) is 0 Å². The number of hydrogen-bond acceptors (Lipinski definition) is 3. The first-order valence-corrected chi connectivity index (χ1v) is 10.5. The Bertz CT molecular complexity index is 1070. The molecule has 0 unspecified atom stereocenters. The predicted octanol–water partition coefficient (Wildman–Crippen LogP) is 5.48. The zero-order valence-corrected chi connectivity index (χ0v) is 17.4. The molecular weight excluding hydrogens is 372 g/mol. The molecule has 1 heterocycles.